The third-order valence-electron chi connectivity index (χ3n) is 4.16. The number of anilines is 2. The second kappa shape index (κ2) is 5.99. The lowest BCUT2D eigenvalue weighted by Crippen LogP contribution is -2.19. The number of nitrogens with one attached hydrogen (secondary N) is 2. The summed E-state index contributed by atoms with van der Waals surface area (Å²) in [5.41, 5.74) is 3.21. The molecular formula is C19H15N3OS. The largest absolute Gasteiger partial charge is 0.323 e. The average molecular weight is 333 g/mol. The van der Waals surface area contributed by atoms with Gasteiger partial charge in [-0.2, -0.15) is 5.26 Å². The summed E-state index contributed by atoms with van der Waals surface area (Å²) in [7, 11) is 0. The van der Waals surface area contributed by atoms with Crippen molar-refractivity contribution in [1.29, 1.82) is 5.26 Å². The van der Waals surface area contributed by atoms with Crippen LogP contribution in [0.1, 0.15) is 29.9 Å². The van der Waals surface area contributed by atoms with Crippen molar-refractivity contribution in [2.45, 2.75) is 18.8 Å². The Balaban J connectivity index is 1.49. The number of fused-ring (bicyclic) bond motifs is 1. The van der Waals surface area contributed by atoms with Gasteiger partial charge in [-0.05, 0) is 71.5 Å². The third kappa shape index (κ3) is 2.97. The van der Waals surface area contributed by atoms with Gasteiger partial charge in [-0.15, -0.1) is 11.3 Å². The Morgan fingerprint density at radius 3 is 2.58 bits per heavy atom. The molecule has 4 rings (SSSR count). The molecule has 0 atom stereocenters. The summed E-state index contributed by atoms with van der Waals surface area (Å²) >= 11 is 1.65. The molecule has 0 radical (unpaired) electrons. The number of hydrogen-bond donors (Lipinski definition) is 2. The summed E-state index contributed by atoms with van der Waals surface area (Å²) in [4.78, 5) is 12.2. The highest BCUT2D eigenvalue weighted by Gasteiger charge is 2.26. The molecule has 24 heavy (non-hydrogen) atoms. The zero-order chi connectivity index (χ0) is 16.5. The van der Waals surface area contributed by atoms with E-state index in [1.807, 2.05) is 29.6 Å². The fourth-order valence-electron chi connectivity index (χ4n) is 2.80. The molecule has 1 aromatic heterocycles. The number of rotatable bonds is 3. The van der Waals surface area contributed by atoms with Gasteiger partial charge < -0.3 is 10.6 Å². The molecule has 1 aliphatic carbocycles. The first-order valence-corrected chi connectivity index (χ1v) is 8.70. The number of urea groups is 1. The van der Waals surface area contributed by atoms with Gasteiger partial charge >= 0.3 is 6.03 Å². The summed E-state index contributed by atoms with van der Waals surface area (Å²) in [5.74, 6) is 0.464. The minimum absolute atomic E-state index is 0.280. The van der Waals surface area contributed by atoms with Crippen LogP contribution in [-0.2, 0) is 0 Å². The average Bonchev–Trinajstić information content (AvgIpc) is 3.32. The van der Waals surface area contributed by atoms with Crippen molar-refractivity contribution >= 4 is 38.8 Å². The number of benzene rings is 2. The molecular weight excluding hydrogens is 318 g/mol. The molecule has 118 valence electrons. The topological polar surface area (TPSA) is 64.9 Å². The van der Waals surface area contributed by atoms with Crippen LogP contribution in [0.3, 0.4) is 0 Å². The van der Waals surface area contributed by atoms with Gasteiger partial charge in [0.15, 0.2) is 0 Å². The fourth-order valence-corrected chi connectivity index (χ4v) is 3.63. The molecule has 1 aliphatic rings. The van der Waals surface area contributed by atoms with Crippen molar-refractivity contribution in [3.8, 4) is 6.07 Å². The molecule has 2 N–H and O–H groups in total. The van der Waals surface area contributed by atoms with E-state index in [4.69, 9.17) is 0 Å². The first-order chi connectivity index (χ1) is 11.7. The summed E-state index contributed by atoms with van der Waals surface area (Å²) in [6, 6.07) is 15.3. The van der Waals surface area contributed by atoms with E-state index in [2.05, 4.69) is 22.8 Å². The SMILES string of the molecule is N#Cc1ccc(NC(=O)Nc2ccc3ccsc3c2)cc1C1CC1. The Morgan fingerprint density at radius 2 is 1.83 bits per heavy atom. The molecule has 1 saturated carbocycles. The number of amides is 2. The molecule has 0 bridgehead atoms. The van der Waals surface area contributed by atoms with Crippen molar-refractivity contribution < 1.29 is 4.79 Å². The number of thiophene rings is 1. The first-order valence-electron chi connectivity index (χ1n) is 7.82. The maximum Gasteiger partial charge on any atom is 0.323 e. The minimum Gasteiger partial charge on any atom is -0.308 e. The second-order valence-electron chi connectivity index (χ2n) is 5.94. The van der Waals surface area contributed by atoms with Gasteiger partial charge in [0.1, 0.15) is 0 Å². The normalized spacial score (nSPS) is 13.5. The molecule has 0 aliphatic heterocycles. The van der Waals surface area contributed by atoms with Gasteiger partial charge in [0, 0.05) is 16.1 Å². The highest BCUT2D eigenvalue weighted by molar-refractivity contribution is 7.17. The number of hydrogen-bond acceptors (Lipinski definition) is 3. The van der Waals surface area contributed by atoms with Crippen LogP contribution in [0, 0.1) is 11.3 Å². The van der Waals surface area contributed by atoms with E-state index in [-0.39, 0.29) is 6.03 Å². The van der Waals surface area contributed by atoms with E-state index < -0.39 is 0 Å². The van der Waals surface area contributed by atoms with E-state index >= 15 is 0 Å². The Hall–Kier alpha value is -2.84. The summed E-state index contributed by atoms with van der Waals surface area (Å²) in [6.45, 7) is 0. The highest BCUT2D eigenvalue weighted by atomic mass is 32.1. The van der Waals surface area contributed by atoms with Crippen molar-refractivity contribution in [1.82, 2.24) is 0 Å². The van der Waals surface area contributed by atoms with Gasteiger partial charge in [0.05, 0.1) is 11.6 Å². The first kappa shape index (κ1) is 14.7. The van der Waals surface area contributed by atoms with Gasteiger partial charge in [0.2, 0.25) is 0 Å². The van der Waals surface area contributed by atoms with Crippen LogP contribution in [0.25, 0.3) is 10.1 Å². The lowest BCUT2D eigenvalue weighted by molar-refractivity contribution is 0.262. The van der Waals surface area contributed by atoms with Crippen molar-refractivity contribution in [3.63, 3.8) is 0 Å². The number of carbonyl (C=O) groups excluding carboxylic acids is 1. The van der Waals surface area contributed by atoms with Crippen molar-refractivity contribution in [2.75, 3.05) is 10.6 Å². The quantitative estimate of drug-likeness (QED) is 0.683. The van der Waals surface area contributed by atoms with Crippen molar-refractivity contribution in [2.24, 2.45) is 0 Å². The Bertz CT molecular complexity index is 966. The van der Waals surface area contributed by atoms with Crippen LogP contribution >= 0.6 is 11.3 Å². The van der Waals surface area contributed by atoms with Gasteiger partial charge in [-0.25, -0.2) is 4.79 Å². The summed E-state index contributed by atoms with van der Waals surface area (Å²) in [5, 5.41) is 18.1. The summed E-state index contributed by atoms with van der Waals surface area (Å²) < 4.78 is 1.14. The zero-order valence-electron chi connectivity index (χ0n) is 12.9. The molecule has 0 saturated heterocycles. The van der Waals surface area contributed by atoms with E-state index in [1.54, 1.807) is 23.5 Å². The van der Waals surface area contributed by atoms with Crippen LogP contribution in [0.15, 0.2) is 47.8 Å². The smallest absolute Gasteiger partial charge is 0.308 e. The lowest BCUT2D eigenvalue weighted by atomic mass is 10.0. The molecule has 5 heteroatoms. The standard InChI is InChI=1S/C19H15N3OS/c20-11-14-4-6-15(9-17(14)12-1-2-12)21-19(23)22-16-5-3-13-7-8-24-18(13)10-16/h3-10,12H,1-2H2,(H2,21,22,23). The molecule has 1 heterocycles. The molecule has 4 nitrogen and oxygen atoms in total. The highest BCUT2D eigenvalue weighted by Crippen LogP contribution is 2.42. The molecule has 1 fully saturated rings. The second-order valence-corrected chi connectivity index (χ2v) is 6.89. The minimum atomic E-state index is -0.280. The number of nitrogens with zero attached hydrogens (tertiary/aromatic N) is 1. The number of carbonyl (C=O) groups is 1. The monoisotopic (exact) mass is 333 g/mol. The van der Waals surface area contributed by atoms with Gasteiger partial charge in [0.25, 0.3) is 0 Å². The van der Waals surface area contributed by atoms with Crippen LogP contribution in [0.2, 0.25) is 0 Å². The predicted molar refractivity (Wildman–Crippen MR) is 97.6 cm³/mol. The fraction of sp³-hybridized carbons (Fsp3) is 0.158. The Morgan fingerprint density at radius 1 is 1.08 bits per heavy atom. The Labute approximate surface area is 143 Å². The molecule has 0 spiro atoms. The van der Waals surface area contributed by atoms with Crippen LogP contribution in [0.5, 0.6) is 0 Å². The maximum absolute atomic E-state index is 12.2. The maximum atomic E-state index is 12.2. The lowest BCUT2D eigenvalue weighted by Gasteiger charge is -2.10. The van der Waals surface area contributed by atoms with E-state index in [9.17, 15) is 10.1 Å². The predicted octanol–water partition coefficient (Wildman–Crippen LogP) is 5.29. The summed E-state index contributed by atoms with van der Waals surface area (Å²) in [6.07, 6.45) is 2.23. The van der Waals surface area contributed by atoms with Gasteiger partial charge in [-0.1, -0.05) is 6.07 Å². The van der Waals surface area contributed by atoms with Crippen LogP contribution < -0.4 is 10.6 Å². The van der Waals surface area contributed by atoms with E-state index in [0.29, 0.717) is 17.2 Å². The van der Waals surface area contributed by atoms with Crippen molar-refractivity contribution in [3.05, 3.63) is 59.0 Å². The molecule has 0 unspecified atom stereocenters. The molecule has 3 aromatic rings. The molecule has 2 amide bonds. The molecule has 2 aromatic carbocycles. The van der Waals surface area contributed by atoms with Crippen LogP contribution in [0.4, 0.5) is 16.2 Å². The van der Waals surface area contributed by atoms with E-state index in [0.717, 1.165) is 28.8 Å². The zero-order valence-corrected chi connectivity index (χ0v) is 13.7. The van der Waals surface area contributed by atoms with E-state index in [1.165, 1.54) is 5.39 Å². The third-order valence-corrected chi connectivity index (χ3v) is 5.04. The van der Waals surface area contributed by atoms with Gasteiger partial charge in [-0.3, -0.25) is 0 Å². The Kier molecular flexibility index (Phi) is 3.68. The number of nitriles is 1. The van der Waals surface area contributed by atoms with Crippen LogP contribution in [-0.4, -0.2) is 6.03 Å².